The van der Waals surface area contributed by atoms with Gasteiger partial charge >= 0.3 is 0 Å². The van der Waals surface area contributed by atoms with Gasteiger partial charge in [0, 0.05) is 72.2 Å². The Morgan fingerprint density at radius 2 is 1.42 bits per heavy atom. The first-order valence-electron chi connectivity index (χ1n) is 8.86. The second-order valence-corrected chi connectivity index (χ2v) is 8.79. The lowest BCUT2D eigenvalue weighted by atomic mass is 10.1. The average Bonchev–Trinajstić information content (AvgIpc) is 2.64. The van der Waals surface area contributed by atoms with Crippen molar-refractivity contribution >= 4 is 27.7 Å². The molecule has 0 spiro atoms. The third kappa shape index (κ3) is 3.90. The SMILES string of the molecule is CN1CCN(S(=O)(=O)N2CCN(C(=O)C3=NN(C)C(=O)CC3)CC2)CC1. The monoisotopic (exact) mass is 386 g/mol. The highest BCUT2D eigenvalue weighted by Crippen LogP contribution is 2.16. The molecule has 146 valence electrons. The molecule has 0 saturated carbocycles. The van der Waals surface area contributed by atoms with E-state index in [4.69, 9.17) is 0 Å². The van der Waals surface area contributed by atoms with E-state index in [-0.39, 0.29) is 31.3 Å². The normalized spacial score (nSPS) is 24.7. The Labute approximate surface area is 154 Å². The van der Waals surface area contributed by atoms with E-state index in [1.165, 1.54) is 20.7 Å². The van der Waals surface area contributed by atoms with Crippen LogP contribution in [0.25, 0.3) is 0 Å². The smallest absolute Gasteiger partial charge is 0.282 e. The third-order valence-corrected chi connectivity index (χ3v) is 7.13. The molecule has 0 aromatic heterocycles. The van der Waals surface area contributed by atoms with Gasteiger partial charge in [0.1, 0.15) is 5.71 Å². The van der Waals surface area contributed by atoms with Gasteiger partial charge in [-0.2, -0.15) is 22.1 Å². The zero-order valence-electron chi connectivity index (χ0n) is 15.3. The van der Waals surface area contributed by atoms with Crippen LogP contribution in [0.4, 0.5) is 0 Å². The van der Waals surface area contributed by atoms with Crippen molar-refractivity contribution in [3.8, 4) is 0 Å². The fraction of sp³-hybridized carbons (Fsp3) is 0.800. The first kappa shape index (κ1) is 19.2. The predicted molar refractivity (Wildman–Crippen MR) is 95.6 cm³/mol. The number of hydrogen-bond donors (Lipinski definition) is 0. The van der Waals surface area contributed by atoms with Gasteiger partial charge in [0.15, 0.2) is 0 Å². The van der Waals surface area contributed by atoms with Crippen LogP contribution in [0.5, 0.6) is 0 Å². The predicted octanol–water partition coefficient (Wildman–Crippen LogP) is -1.77. The number of hydrogen-bond acceptors (Lipinski definition) is 6. The fourth-order valence-electron chi connectivity index (χ4n) is 3.31. The number of piperazine rings is 2. The van der Waals surface area contributed by atoms with Gasteiger partial charge in [-0.3, -0.25) is 9.59 Å². The second-order valence-electron chi connectivity index (χ2n) is 6.87. The first-order valence-corrected chi connectivity index (χ1v) is 10.3. The third-order valence-electron chi connectivity index (χ3n) is 5.09. The van der Waals surface area contributed by atoms with Gasteiger partial charge in [0.25, 0.3) is 16.1 Å². The van der Waals surface area contributed by atoms with Crippen LogP contribution in [0.1, 0.15) is 12.8 Å². The minimum Gasteiger partial charge on any atom is -0.335 e. The Morgan fingerprint density at radius 3 is 1.96 bits per heavy atom. The Balaban J connectivity index is 1.58. The Hall–Kier alpha value is -1.56. The van der Waals surface area contributed by atoms with E-state index in [1.54, 1.807) is 4.90 Å². The molecule has 3 rings (SSSR count). The zero-order valence-corrected chi connectivity index (χ0v) is 16.1. The van der Waals surface area contributed by atoms with E-state index in [9.17, 15) is 18.0 Å². The van der Waals surface area contributed by atoms with Crippen LogP contribution >= 0.6 is 0 Å². The molecule has 0 aromatic carbocycles. The van der Waals surface area contributed by atoms with Crippen molar-refractivity contribution in [3.05, 3.63) is 0 Å². The van der Waals surface area contributed by atoms with Gasteiger partial charge in [-0.1, -0.05) is 0 Å². The molecular formula is C15H26N6O4S. The van der Waals surface area contributed by atoms with Gasteiger partial charge in [-0.15, -0.1) is 0 Å². The van der Waals surface area contributed by atoms with E-state index < -0.39 is 10.2 Å². The van der Waals surface area contributed by atoms with E-state index in [1.807, 2.05) is 7.05 Å². The van der Waals surface area contributed by atoms with Crippen LogP contribution in [-0.4, -0.2) is 116 Å². The number of likely N-dealkylation sites (N-methyl/N-ethyl adjacent to an activating group) is 1. The molecule has 0 aromatic rings. The molecule has 2 amide bonds. The van der Waals surface area contributed by atoms with Crippen molar-refractivity contribution in [2.75, 3.05) is 66.5 Å². The summed E-state index contributed by atoms with van der Waals surface area (Å²) in [6.07, 6.45) is 0.612. The number of carbonyl (C=O) groups excluding carboxylic acids is 2. The molecular weight excluding hydrogens is 360 g/mol. The summed E-state index contributed by atoms with van der Waals surface area (Å²) in [6.45, 7) is 3.67. The standard InChI is InChI=1S/C15H26N6O4S/c1-17-5-9-20(10-6-17)26(24,25)21-11-7-19(8-12-21)15(23)13-3-4-14(22)18(2)16-13/h3-12H2,1-2H3. The van der Waals surface area contributed by atoms with Gasteiger partial charge in [-0.05, 0) is 7.05 Å². The minimum atomic E-state index is -3.48. The van der Waals surface area contributed by atoms with E-state index in [2.05, 4.69) is 10.0 Å². The molecule has 0 aliphatic carbocycles. The molecule has 11 heteroatoms. The van der Waals surface area contributed by atoms with Crippen molar-refractivity contribution in [2.45, 2.75) is 12.8 Å². The van der Waals surface area contributed by atoms with Crippen molar-refractivity contribution in [1.82, 2.24) is 23.4 Å². The quantitative estimate of drug-likeness (QED) is 0.572. The average molecular weight is 386 g/mol. The first-order chi connectivity index (χ1) is 12.3. The molecule has 2 saturated heterocycles. The highest BCUT2D eigenvalue weighted by molar-refractivity contribution is 7.86. The molecule has 10 nitrogen and oxygen atoms in total. The van der Waals surface area contributed by atoms with E-state index in [0.29, 0.717) is 38.3 Å². The molecule has 2 fully saturated rings. The molecule has 0 radical (unpaired) electrons. The number of rotatable bonds is 3. The topological polar surface area (TPSA) is 96.8 Å². The van der Waals surface area contributed by atoms with Crippen molar-refractivity contribution in [3.63, 3.8) is 0 Å². The van der Waals surface area contributed by atoms with Gasteiger partial charge < -0.3 is 9.80 Å². The number of hydrazone groups is 1. The van der Waals surface area contributed by atoms with Crippen molar-refractivity contribution in [1.29, 1.82) is 0 Å². The highest BCUT2D eigenvalue weighted by atomic mass is 32.2. The number of amides is 2. The summed E-state index contributed by atoms with van der Waals surface area (Å²) in [7, 11) is 0.0369. The van der Waals surface area contributed by atoms with Gasteiger partial charge in [0.05, 0.1) is 0 Å². The second kappa shape index (κ2) is 7.59. The minimum absolute atomic E-state index is 0.107. The lowest BCUT2D eigenvalue weighted by molar-refractivity contribution is -0.130. The summed E-state index contributed by atoms with van der Waals surface area (Å²) in [5.41, 5.74) is 0.363. The van der Waals surface area contributed by atoms with Gasteiger partial charge in [0.2, 0.25) is 5.91 Å². The van der Waals surface area contributed by atoms with Crippen LogP contribution in [-0.2, 0) is 19.8 Å². The van der Waals surface area contributed by atoms with Crippen LogP contribution in [0, 0.1) is 0 Å². The zero-order chi connectivity index (χ0) is 18.9. The van der Waals surface area contributed by atoms with E-state index >= 15 is 0 Å². The molecule has 3 aliphatic heterocycles. The lowest BCUT2D eigenvalue weighted by Gasteiger charge is -2.39. The maximum Gasteiger partial charge on any atom is 0.282 e. The van der Waals surface area contributed by atoms with Crippen LogP contribution < -0.4 is 0 Å². The fourth-order valence-corrected chi connectivity index (χ4v) is 4.89. The van der Waals surface area contributed by atoms with Crippen molar-refractivity contribution in [2.24, 2.45) is 5.10 Å². The number of carbonyl (C=O) groups is 2. The molecule has 0 N–H and O–H groups in total. The van der Waals surface area contributed by atoms with Crippen LogP contribution in [0.3, 0.4) is 0 Å². The molecule has 3 heterocycles. The van der Waals surface area contributed by atoms with Gasteiger partial charge in [-0.25, -0.2) is 5.01 Å². The summed E-state index contributed by atoms with van der Waals surface area (Å²) >= 11 is 0. The maximum atomic E-state index is 12.8. The summed E-state index contributed by atoms with van der Waals surface area (Å²) in [4.78, 5) is 27.8. The summed E-state index contributed by atoms with van der Waals surface area (Å²) in [5, 5.41) is 5.25. The molecule has 0 bridgehead atoms. The number of nitrogens with zero attached hydrogens (tertiary/aromatic N) is 6. The Kier molecular flexibility index (Phi) is 5.61. The van der Waals surface area contributed by atoms with E-state index in [0.717, 1.165) is 13.1 Å². The summed E-state index contributed by atoms with van der Waals surface area (Å²) < 4.78 is 28.5. The van der Waals surface area contributed by atoms with Crippen LogP contribution in [0.2, 0.25) is 0 Å². The van der Waals surface area contributed by atoms with Crippen molar-refractivity contribution < 1.29 is 18.0 Å². The molecule has 26 heavy (non-hydrogen) atoms. The molecule has 0 atom stereocenters. The Bertz CT molecular complexity index is 693. The molecule has 0 unspecified atom stereocenters. The Morgan fingerprint density at radius 1 is 0.885 bits per heavy atom. The molecule has 3 aliphatic rings. The largest absolute Gasteiger partial charge is 0.335 e. The van der Waals surface area contributed by atoms with Crippen LogP contribution in [0.15, 0.2) is 5.10 Å². The summed E-state index contributed by atoms with van der Waals surface area (Å²) in [5.74, 6) is -0.314. The maximum absolute atomic E-state index is 12.8. The highest BCUT2D eigenvalue weighted by Gasteiger charge is 2.35. The lowest BCUT2D eigenvalue weighted by Crippen LogP contribution is -2.57. The summed E-state index contributed by atoms with van der Waals surface area (Å²) in [6, 6.07) is 0.